The second-order valence-electron chi connectivity index (χ2n) is 4.88. The summed E-state index contributed by atoms with van der Waals surface area (Å²) < 4.78 is 6.01. The molecule has 2 atom stereocenters. The maximum absolute atomic E-state index is 9.22. The van der Waals surface area contributed by atoms with E-state index in [2.05, 4.69) is 39.7 Å². The van der Waals surface area contributed by atoms with Gasteiger partial charge in [-0.05, 0) is 41.4 Å². The second-order valence-corrected chi connectivity index (χ2v) is 5.66. The van der Waals surface area contributed by atoms with E-state index in [1.165, 1.54) is 5.56 Å². The molecule has 0 amide bonds. The number of anilines is 1. The van der Waals surface area contributed by atoms with Gasteiger partial charge in [-0.2, -0.15) is 16.6 Å². The average molecular weight is 285 g/mol. The van der Waals surface area contributed by atoms with Gasteiger partial charge in [0.25, 0.3) is 0 Å². The lowest BCUT2D eigenvalue weighted by Gasteiger charge is -2.37. The smallest absolute Gasteiger partial charge is 0.146 e. The summed E-state index contributed by atoms with van der Waals surface area (Å²) in [6.45, 7) is 3.54. The van der Waals surface area contributed by atoms with Gasteiger partial charge in [0.15, 0.2) is 0 Å². The monoisotopic (exact) mass is 285 g/mol. The minimum atomic E-state index is 0.0403. The average Bonchev–Trinajstić information content (AvgIpc) is 3.01. The van der Waals surface area contributed by atoms with E-state index in [-0.39, 0.29) is 12.2 Å². The van der Waals surface area contributed by atoms with E-state index in [0.717, 1.165) is 18.9 Å². The highest BCUT2D eigenvalue weighted by Gasteiger charge is 2.28. The van der Waals surface area contributed by atoms with Crippen LogP contribution in [0, 0.1) is 11.3 Å². The molecule has 1 fully saturated rings. The van der Waals surface area contributed by atoms with Crippen molar-refractivity contribution in [3.05, 3.63) is 46.3 Å². The van der Waals surface area contributed by atoms with Crippen LogP contribution in [0.15, 0.2) is 35.2 Å². The first-order valence-electron chi connectivity index (χ1n) is 6.55. The van der Waals surface area contributed by atoms with Gasteiger partial charge in [0.1, 0.15) is 18.0 Å². The maximum Gasteiger partial charge on any atom is 0.146 e. The summed E-state index contributed by atoms with van der Waals surface area (Å²) in [6, 6.07) is 7.91. The summed E-state index contributed by atoms with van der Waals surface area (Å²) in [5.74, 6) is 0.755. The van der Waals surface area contributed by atoms with Gasteiger partial charge in [0.05, 0.1) is 11.7 Å². The Bertz CT molecular complexity index is 620. The zero-order chi connectivity index (χ0) is 13.9. The third-order valence-electron chi connectivity index (χ3n) is 3.38. The number of morpholine rings is 1. The fourth-order valence-electron chi connectivity index (χ4n) is 2.50. The van der Waals surface area contributed by atoms with Crippen molar-refractivity contribution < 1.29 is 4.74 Å². The van der Waals surface area contributed by atoms with E-state index in [1.54, 1.807) is 23.6 Å². The predicted octanol–water partition coefficient (Wildman–Crippen LogP) is 2.98. The van der Waals surface area contributed by atoms with Crippen LogP contribution in [0.1, 0.15) is 24.2 Å². The molecule has 0 aromatic carbocycles. The van der Waals surface area contributed by atoms with Crippen LogP contribution >= 0.6 is 11.3 Å². The molecular weight excluding hydrogens is 270 g/mol. The van der Waals surface area contributed by atoms with Crippen LogP contribution in [0.2, 0.25) is 0 Å². The molecule has 5 heteroatoms. The summed E-state index contributed by atoms with van der Waals surface area (Å²) in [4.78, 5) is 6.52. The quantitative estimate of drug-likeness (QED) is 0.851. The Balaban J connectivity index is 1.88. The number of ether oxygens (including phenoxy) is 1. The van der Waals surface area contributed by atoms with E-state index < -0.39 is 0 Å². The van der Waals surface area contributed by atoms with Crippen LogP contribution in [-0.2, 0) is 4.74 Å². The Labute approximate surface area is 122 Å². The summed E-state index contributed by atoms with van der Waals surface area (Å²) in [6.07, 6.45) is 1.89. The second kappa shape index (κ2) is 5.61. The highest BCUT2D eigenvalue weighted by atomic mass is 32.1. The van der Waals surface area contributed by atoms with Crippen molar-refractivity contribution in [3.63, 3.8) is 0 Å². The lowest BCUT2D eigenvalue weighted by atomic mass is 10.1. The zero-order valence-electron chi connectivity index (χ0n) is 11.2. The van der Waals surface area contributed by atoms with Crippen LogP contribution in [0.4, 0.5) is 5.82 Å². The molecular formula is C15H15N3OS. The Morgan fingerprint density at radius 3 is 3.10 bits per heavy atom. The molecule has 102 valence electrons. The number of pyridine rings is 1. The number of hydrogen-bond donors (Lipinski definition) is 0. The minimum Gasteiger partial charge on any atom is -0.367 e. The number of nitriles is 1. The van der Waals surface area contributed by atoms with Gasteiger partial charge in [-0.3, -0.25) is 0 Å². The van der Waals surface area contributed by atoms with Crippen molar-refractivity contribution in [2.45, 2.75) is 19.1 Å². The van der Waals surface area contributed by atoms with Crippen molar-refractivity contribution in [2.75, 3.05) is 18.0 Å². The normalized spacial score (nSPS) is 22.5. The van der Waals surface area contributed by atoms with Crippen LogP contribution in [-0.4, -0.2) is 24.2 Å². The maximum atomic E-state index is 9.22. The van der Waals surface area contributed by atoms with Crippen LogP contribution in [0.3, 0.4) is 0 Å². The van der Waals surface area contributed by atoms with Crippen molar-refractivity contribution in [3.8, 4) is 6.07 Å². The van der Waals surface area contributed by atoms with Gasteiger partial charge < -0.3 is 9.64 Å². The third-order valence-corrected chi connectivity index (χ3v) is 4.08. The molecule has 3 heterocycles. The molecule has 0 saturated carbocycles. The summed E-state index contributed by atoms with van der Waals surface area (Å²) in [5, 5.41) is 13.4. The SMILES string of the molecule is CC1CN(c2ncccc2C#N)CC(c2ccsc2)O1. The number of hydrogen-bond acceptors (Lipinski definition) is 5. The Morgan fingerprint density at radius 2 is 2.35 bits per heavy atom. The Morgan fingerprint density at radius 1 is 1.45 bits per heavy atom. The summed E-state index contributed by atoms with van der Waals surface area (Å²) in [5.41, 5.74) is 1.81. The van der Waals surface area contributed by atoms with E-state index in [4.69, 9.17) is 4.74 Å². The summed E-state index contributed by atoms with van der Waals surface area (Å²) >= 11 is 1.67. The minimum absolute atomic E-state index is 0.0403. The largest absolute Gasteiger partial charge is 0.367 e. The fourth-order valence-corrected chi connectivity index (χ4v) is 3.20. The molecule has 1 aliphatic rings. The molecule has 0 N–H and O–H groups in total. The highest BCUT2D eigenvalue weighted by Crippen LogP contribution is 2.30. The van der Waals surface area contributed by atoms with E-state index in [9.17, 15) is 5.26 Å². The van der Waals surface area contributed by atoms with Crippen molar-refractivity contribution in [1.29, 1.82) is 5.26 Å². The van der Waals surface area contributed by atoms with Crippen LogP contribution in [0.25, 0.3) is 0 Å². The van der Waals surface area contributed by atoms with Gasteiger partial charge in [0.2, 0.25) is 0 Å². The molecule has 3 rings (SSSR count). The van der Waals surface area contributed by atoms with E-state index >= 15 is 0 Å². The van der Waals surface area contributed by atoms with Gasteiger partial charge in [-0.15, -0.1) is 0 Å². The fraction of sp³-hybridized carbons (Fsp3) is 0.333. The molecule has 2 aromatic heterocycles. The first-order chi connectivity index (χ1) is 9.78. The third kappa shape index (κ3) is 2.53. The zero-order valence-corrected chi connectivity index (χ0v) is 12.0. The molecule has 4 nitrogen and oxygen atoms in total. The Hall–Kier alpha value is -1.90. The number of rotatable bonds is 2. The van der Waals surface area contributed by atoms with Crippen molar-refractivity contribution in [1.82, 2.24) is 4.98 Å². The molecule has 0 bridgehead atoms. The molecule has 1 saturated heterocycles. The summed E-state index contributed by atoms with van der Waals surface area (Å²) in [7, 11) is 0. The van der Waals surface area contributed by atoms with Crippen molar-refractivity contribution >= 4 is 17.2 Å². The number of nitrogens with zero attached hydrogens (tertiary/aromatic N) is 3. The molecule has 1 aliphatic heterocycles. The molecule has 20 heavy (non-hydrogen) atoms. The standard InChI is InChI=1S/C15H15N3OS/c1-11-8-18(15-12(7-16)3-2-5-17-15)9-14(19-11)13-4-6-20-10-13/h2-6,10-11,14H,8-9H2,1H3. The molecule has 0 radical (unpaired) electrons. The molecule has 2 aromatic rings. The number of aromatic nitrogens is 1. The molecule has 0 spiro atoms. The van der Waals surface area contributed by atoms with E-state index in [1.807, 2.05) is 6.07 Å². The molecule has 0 aliphatic carbocycles. The predicted molar refractivity (Wildman–Crippen MR) is 78.8 cm³/mol. The van der Waals surface area contributed by atoms with Gasteiger partial charge in [-0.1, -0.05) is 0 Å². The van der Waals surface area contributed by atoms with Gasteiger partial charge in [0, 0.05) is 19.3 Å². The van der Waals surface area contributed by atoms with Crippen LogP contribution < -0.4 is 4.90 Å². The first-order valence-corrected chi connectivity index (χ1v) is 7.50. The topological polar surface area (TPSA) is 49.2 Å². The molecule has 2 unspecified atom stereocenters. The van der Waals surface area contributed by atoms with Crippen LogP contribution in [0.5, 0.6) is 0 Å². The lowest BCUT2D eigenvalue weighted by Crippen LogP contribution is -2.43. The highest BCUT2D eigenvalue weighted by molar-refractivity contribution is 7.07. The first kappa shape index (κ1) is 13.1. The van der Waals surface area contributed by atoms with Crippen molar-refractivity contribution in [2.24, 2.45) is 0 Å². The van der Waals surface area contributed by atoms with Gasteiger partial charge >= 0.3 is 0 Å². The number of thiophene rings is 1. The van der Waals surface area contributed by atoms with E-state index in [0.29, 0.717) is 5.56 Å². The lowest BCUT2D eigenvalue weighted by molar-refractivity contribution is -0.0174. The van der Waals surface area contributed by atoms with Gasteiger partial charge in [-0.25, -0.2) is 4.98 Å². The Kier molecular flexibility index (Phi) is 3.68.